The normalized spacial score (nSPS) is 12.8. The van der Waals surface area contributed by atoms with Gasteiger partial charge >= 0.3 is 12.0 Å². The molecule has 2 aromatic carbocycles. The first-order valence-corrected chi connectivity index (χ1v) is 12.9. The van der Waals surface area contributed by atoms with Crippen molar-refractivity contribution in [3.8, 4) is 11.1 Å². The van der Waals surface area contributed by atoms with Gasteiger partial charge in [0.2, 0.25) is 0 Å². The van der Waals surface area contributed by atoms with Gasteiger partial charge in [0.05, 0.1) is 17.4 Å². The van der Waals surface area contributed by atoms with E-state index in [1.807, 2.05) is 32.9 Å². The van der Waals surface area contributed by atoms with E-state index in [1.54, 1.807) is 20.8 Å². The number of carbonyl (C=O) groups excluding carboxylic acids is 2. The van der Waals surface area contributed by atoms with Gasteiger partial charge in [-0.15, -0.1) is 0 Å². The number of aliphatic carboxylic acids is 1. The van der Waals surface area contributed by atoms with Crippen LogP contribution in [0.1, 0.15) is 54.9 Å². The third-order valence-corrected chi connectivity index (χ3v) is 6.08. The van der Waals surface area contributed by atoms with Crippen LogP contribution in [0.25, 0.3) is 11.1 Å². The smallest absolute Gasteiger partial charge is 0.328 e. The lowest BCUT2D eigenvalue weighted by Gasteiger charge is -2.29. The molecular weight excluding hydrogens is 534 g/mol. The molecule has 4 N–H and O–H groups in total. The zero-order valence-corrected chi connectivity index (χ0v) is 24.0. The molecule has 0 saturated heterocycles. The third-order valence-electron chi connectivity index (χ3n) is 6.08. The molecule has 2 atom stereocenters. The van der Waals surface area contributed by atoms with E-state index in [2.05, 4.69) is 20.9 Å². The number of benzene rings is 2. The van der Waals surface area contributed by atoms with E-state index in [-0.39, 0.29) is 22.5 Å². The largest absolute Gasteiger partial charge is 0.480 e. The Bertz CT molecular complexity index is 1460. The second-order valence-corrected chi connectivity index (χ2v) is 10.8. The van der Waals surface area contributed by atoms with Gasteiger partial charge in [-0.25, -0.2) is 23.4 Å². The third kappa shape index (κ3) is 8.07. The number of rotatable bonds is 8. The quantitative estimate of drug-likeness (QED) is 0.264. The van der Waals surface area contributed by atoms with E-state index >= 15 is 0 Å². The van der Waals surface area contributed by atoms with Crippen LogP contribution in [0, 0.1) is 32.4 Å². The Kier molecular flexibility index (Phi) is 9.44. The number of hydrogen-bond donors (Lipinski definition) is 4. The Balaban J connectivity index is 1.99. The van der Waals surface area contributed by atoms with Crippen LogP contribution < -0.4 is 16.0 Å². The zero-order valence-electron chi connectivity index (χ0n) is 24.0. The van der Waals surface area contributed by atoms with Crippen LogP contribution in [0.5, 0.6) is 0 Å². The van der Waals surface area contributed by atoms with E-state index in [9.17, 15) is 28.3 Å². The number of ether oxygens (including phenoxy) is 1. The molecule has 0 spiro atoms. The van der Waals surface area contributed by atoms with Crippen molar-refractivity contribution in [1.82, 2.24) is 10.3 Å². The zero-order chi connectivity index (χ0) is 30.6. The Hall–Kier alpha value is -4.38. The molecule has 3 rings (SSSR count). The monoisotopic (exact) mass is 568 g/mol. The highest BCUT2D eigenvalue weighted by Crippen LogP contribution is 2.27. The minimum Gasteiger partial charge on any atom is -0.480 e. The first-order valence-electron chi connectivity index (χ1n) is 12.9. The van der Waals surface area contributed by atoms with Crippen LogP contribution in [0.2, 0.25) is 0 Å². The SMILES string of the molecule is Cc1cc(C)c(NC(=O)Nc2cc(-c3ccc(F)c(F)c3)cnc2C(=O)N[C@H](C(=O)O)C(C)OC(C)(C)C)c(C)c1. The predicted octanol–water partition coefficient (Wildman–Crippen LogP) is 5.98. The van der Waals surface area contributed by atoms with Crippen molar-refractivity contribution in [2.45, 2.75) is 66.2 Å². The number of pyridine rings is 1. The number of nitrogens with zero attached hydrogens (tertiary/aromatic N) is 1. The number of aromatic nitrogens is 1. The molecular formula is C30H34F2N4O5. The molecule has 218 valence electrons. The topological polar surface area (TPSA) is 130 Å². The number of amides is 3. The lowest BCUT2D eigenvalue weighted by molar-refractivity contribution is -0.146. The average Bonchev–Trinajstić information content (AvgIpc) is 2.85. The summed E-state index contributed by atoms with van der Waals surface area (Å²) >= 11 is 0. The van der Waals surface area contributed by atoms with Crippen molar-refractivity contribution >= 4 is 29.3 Å². The molecule has 3 aromatic rings. The van der Waals surface area contributed by atoms with Gasteiger partial charge in [-0.05, 0) is 83.4 Å². The lowest BCUT2D eigenvalue weighted by atomic mass is 10.0. The number of carboxylic acids is 1. The molecule has 9 nitrogen and oxygen atoms in total. The molecule has 3 amide bonds. The molecule has 11 heteroatoms. The molecule has 0 aliphatic rings. The van der Waals surface area contributed by atoms with Gasteiger partial charge in [0.15, 0.2) is 23.4 Å². The highest BCUT2D eigenvalue weighted by Gasteiger charge is 2.32. The number of nitrogens with one attached hydrogen (secondary N) is 3. The summed E-state index contributed by atoms with van der Waals surface area (Å²) in [5, 5.41) is 17.5. The van der Waals surface area contributed by atoms with Gasteiger partial charge in [-0.3, -0.25) is 4.79 Å². The van der Waals surface area contributed by atoms with Crippen LogP contribution in [-0.4, -0.2) is 45.7 Å². The van der Waals surface area contributed by atoms with Gasteiger partial charge in [-0.1, -0.05) is 23.8 Å². The van der Waals surface area contributed by atoms with E-state index in [4.69, 9.17) is 4.74 Å². The average molecular weight is 569 g/mol. The fourth-order valence-corrected chi connectivity index (χ4v) is 4.43. The van der Waals surface area contributed by atoms with E-state index in [0.29, 0.717) is 5.69 Å². The Morgan fingerprint density at radius 1 is 0.927 bits per heavy atom. The highest BCUT2D eigenvalue weighted by molar-refractivity contribution is 6.07. The number of anilines is 2. The molecule has 0 fully saturated rings. The predicted molar refractivity (Wildman–Crippen MR) is 152 cm³/mol. The van der Waals surface area contributed by atoms with Crippen molar-refractivity contribution in [3.05, 3.63) is 76.6 Å². The molecule has 0 aliphatic heterocycles. The maximum absolute atomic E-state index is 13.9. The van der Waals surface area contributed by atoms with Gasteiger partial charge in [0.1, 0.15) is 0 Å². The number of aryl methyl sites for hydroxylation is 3. The second kappa shape index (κ2) is 12.4. The molecule has 0 saturated carbocycles. The van der Waals surface area contributed by atoms with Crippen LogP contribution in [-0.2, 0) is 9.53 Å². The lowest BCUT2D eigenvalue weighted by Crippen LogP contribution is -2.50. The summed E-state index contributed by atoms with van der Waals surface area (Å²) in [6.07, 6.45) is 0.328. The Morgan fingerprint density at radius 2 is 1.56 bits per heavy atom. The second-order valence-electron chi connectivity index (χ2n) is 10.8. The van der Waals surface area contributed by atoms with Gasteiger partial charge in [-0.2, -0.15) is 0 Å². The van der Waals surface area contributed by atoms with Crippen LogP contribution in [0.3, 0.4) is 0 Å². The van der Waals surface area contributed by atoms with Crippen LogP contribution >= 0.6 is 0 Å². The van der Waals surface area contributed by atoms with Gasteiger partial charge in [0.25, 0.3) is 5.91 Å². The number of urea groups is 1. The van der Waals surface area contributed by atoms with E-state index < -0.39 is 47.3 Å². The van der Waals surface area contributed by atoms with Crippen molar-refractivity contribution in [1.29, 1.82) is 0 Å². The summed E-state index contributed by atoms with van der Waals surface area (Å²) < 4.78 is 33.2. The number of hydrogen-bond acceptors (Lipinski definition) is 5. The number of carbonyl (C=O) groups is 3. The molecule has 41 heavy (non-hydrogen) atoms. The number of halogens is 2. The van der Waals surface area contributed by atoms with Gasteiger partial charge in [0, 0.05) is 17.4 Å². The van der Waals surface area contributed by atoms with Crippen molar-refractivity contribution in [2.24, 2.45) is 0 Å². The fraction of sp³-hybridized carbons (Fsp3) is 0.333. The van der Waals surface area contributed by atoms with E-state index in [0.717, 1.165) is 28.8 Å². The maximum Gasteiger partial charge on any atom is 0.328 e. The summed E-state index contributed by atoms with van der Waals surface area (Å²) in [4.78, 5) is 42.5. The minimum atomic E-state index is -1.44. The van der Waals surface area contributed by atoms with Crippen molar-refractivity contribution in [3.63, 3.8) is 0 Å². The van der Waals surface area contributed by atoms with Gasteiger partial charge < -0.3 is 25.8 Å². The van der Waals surface area contributed by atoms with Crippen LogP contribution in [0.15, 0.2) is 42.6 Å². The Labute approximate surface area is 237 Å². The standard InChI is InChI=1S/C30H34F2N4O5/c1-15-10-16(2)24(17(3)11-15)36-29(40)34-23-13-20(19-8-9-21(31)22(32)12-19)14-33-26(23)27(37)35-25(28(38)39)18(4)41-30(5,6)7/h8-14,18,25H,1-7H3,(H,35,37)(H,38,39)(H2,34,36,40)/t18?,25-/m0/s1. The van der Waals surface area contributed by atoms with E-state index in [1.165, 1.54) is 25.3 Å². The summed E-state index contributed by atoms with van der Waals surface area (Å²) in [7, 11) is 0. The molecule has 0 aliphatic carbocycles. The van der Waals surface area contributed by atoms with Crippen LogP contribution in [0.4, 0.5) is 25.0 Å². The molecule has 1 aromatic heterocycles. The summed E-state index contributed by atoms with van der Waals surface area (Å²) in [5.41, 5.74) is 2.69. The summed E-state index contributed by atoms with van der Waals surface area (Å²) in [5.74, 6) is -4.34. The first-order chi connectivity index (χ1) is 19.1. The molecule has 0 bridgehead atoms. The maximum atomic E-state index is 13.9. The minimum absolute atomic E-state index is 0.0850. The molecule has 0 radical (unpaired) electrons. The first kappa shape index (κ1) is 31.2. The number of carboxylic acid groups (broad SMARTS) is 1. The summed E-state index contributed by atoms with van der Waals surface area (Å²) in [6, 6.07) is 6.27. The van der Waals surface area contributed by atoms with Crippen molar-refractivity contribution in [2.75, 3.05) is 10.6 Å². The highest BCUT2D eigenvalue weighted by atomic mass is 19.2. The summed E-state index contributed by atoms with van der Waals surface area (Å²) in [6.45, 7) is 12.4. The molecule has 1 unspecified atom stereocenters. The molecule has 1 heterocycles. The Morgan fingerprint density at radius 3 is 2.12 bits per heavy atom. The fourth-order valence-electron chi connectivity index (χ4n) is 4.43. The van der Waals surface area contributed by atoms with Crippen molar-refractivity contribution < 1.29 is 33.0 Å².